The van der Waals surface area contributed by atoms with Gasteiger partial charge in [-0.15, -0.1) is 6.42 Å². The number of nitrogens with one attached hydrogen (secondary N) is 1. The molecular formula is C13H13NO3. The van der Waals surface area contributed by atoms with E-state index in [0.29, 0.717) is 17.1 Å². The first-order chi connectivity index (χ1) is 8.13. The molecular weight excluding hydrogens is 218 g/mol. The molecule has 4 nitrogen and oxygen atoms in total. The summed E-state index contributed by atoms with van der Waals surface area (Å²) in [5.41, 5.74) is 1.19. The lowest BCUT2D eigenvalue weighted by atomic mass is 10.2. The van der Waals surface area contributed by atoms with Gasteiger partial charge in [0.05, 0.1) is 5.69 Å². The lowest BCUT2D eigenvalue weighted by molar-refractivity contribution is -0.131. The van der Waals surface area contributed by atoms with Crippen LogP contribution in [0.3, 0.4) is 0 Å². The highest BCUT2D eigenvalue weighted by Gasteiger charge is 2.03. The highest BCUT2D eigenvalue weighted by atomic mass is 16.5. The van der Waals surface area contributed by atoms with Gasteiger partial charge in [-0.05, 0) is 19.1 Å². The van der Waals surface area contributed by atoms with Gasteiger partial charge in [-0.25, -0.2) is 4.79 Å². The van der Waals surface area contributed by atoms with Crippen LogP contribution in [0.4, 0.5) is 5.69 Å². The second-order valence-electron chi connectivity index (χ2n) is 3.28. The Morgan fingerprint density at radius 1 is 1.59 bits per heavy atom. The van der Waals surface area contributed by atoms with Crippen LogP contribution in [-0.2, 0) is 4.79 Å². The number of hydrogen-bond acceptors (Lipinski definition) is 3. The summed E-state index contributed by atoms with van der Waals surface area (Å²) in [7, 11) is 0. The van der Waals surface area contributed by atoms with Crippen molar-refractivity contribution in [3.05, 3.63) is 36.0 Å². The standard InChI is InChI=1S/C13H13NO3/c1-3-8-17-12-7-5-4-6-11(12)14-10(2)9-13(15)16/h1,4-7,9,14H,8H2,2H3,(H,15,16)/b10-9-. The fraction of sp³-hybridized carbons (Fsp3) is 0.154. The van der Waals surface area contributed by atoms with Crippen LogP contribution in [0.25, 0.3) is 0 Å². The maximum Gasteiger partial charge on any atom is 0.330 e. The van der Waals surface area contributed by atoms with Crippen LogP contribution >= 0.6 is 0 Å². The zero-order valence-electron chi connectivity index (χ0n) is 9.43. The van der Waals surface area contributed by atoms with Gasteiger partial charge in [-0.3, -0.25) is 0 Å². The second kappa shape index (κ2) is 6.23. The number of terminal acetylenes is 1. The minimum Gasteiger partial charge on any atom is -0.479 e. The van der Waals surface area contributed by atoms with Crippen molar-refractivity contribution >= 4 is 11.7 Å². The number of anilines is 1. The van der Waals surface area contributed by atoms with Crippen molar-refractivity contribution < 1.29 is 14.6 Å². The third kappa shape index (κ3) is 4.31. The lowest BCUT2D eigenvalue weighted by Gasteiger charge is -2.11. The minimum absolute atomic E-state index is 0.167. The predicted octanol–water partition coefficient (Wildman–Crippen LogP) is 2.10. The quantitative estimate of drug-likeness (QED) is 0.602. The van der Waals surface area contributed by atoms with Crippen molar-refractivity contribution in [1.82, 2.24) is 0 Å². The van der Waals surface area contributed by atoms with Gasteiger partial charge in [-0.1, -0.05) is 18.1 Å². The number of carbonyl (C=O) groups is 1. The van der Waals surface area contributed by atoms with Crippen LogP contribution in [0.1, 0.15) is 6.92 Å². The normalized spacial score (nSPS) is 10.5. The van der Waals surface area contributed by atoms with Gasteiger partial charge in [0.1, 0.15) is 12.4 Å². The smallest absolute Gasteiger partial charge is 0.330 e. The molecule has 4 heteroatoms. The van der Waals surface area contributed by atoms with E-state index in [-0.39, 0.29) is 6.61 Å². The molecule has 2 N–H and O–H groups in total. The molecule has 88 valence electrons. The first-order valence-electron chi connectivity index (χ1n) is 4.97. The van der Waals surface area contributed by atoms with Crippen molar-refractivity contribution in [3.8, 4) is 18.1 Å². The Bertz CT molecular complexity index is 472. The molecule has 0 amide bonds. The van der Waals surface area contributed by atoms with Gasteiger partial charge < -0.3 is 15.2 Å². The van der Waals surface area contributed by atoms with Crippen LogP contribution in [0.2, 0.25) is 0 Å². The fourth-order valence-corrected chi connectivity index (χ4v) is 1.25. The van der Waals surface area contributed by atoms with Crippen molar-refractivity contribution in [2.24, 2.45) is 0 Å². The summed E-state index contributed by atoms with van der Waals surface area (Å²) in [6.07, 6.45) is 6.19. The number of aliphatic carboxylic acids is 1. The summed E-state index contributed by atoms with van der Waals surface area (Å²) in [6.45, 7) is 1.83. The number of para-hydroxylation sites is 2. The molecule has 0 aliphatic rings. The third-order valence-electron chi connectivity index (χ3n) is 1.87. The van der Waals surface area contributed by atoms with E-state index in [1.807, 2.05) is 12.1 Å². The average Bonchev–Trinajstić information content (AvgIpc) is 2.26. The highest BCUT2D eigenvalue weighted by Crippen LogP contribution is 2.24. The number of allylic oxidation sites excluding steroid dienone is 1. The summed E-state index contributed by atoms with van der Waals surface area (Å²) in [5, 5.41) is 11.5. The van der Waals surface area contributed by atoms with E-state index in [0.717, 1.165) is 6.08 Å². The molecule has 0 heterocycles. The third-order valence-corrected chi connectivity index (χ3v) is 1.87. The maximum atomic E-state index is 10.5. The van der Waals surface area contributed by atoms with Crippen LogP contribution < -0.4 is 10.1 Å². The van der Waals surface area contributed by atoms with E-state index in [2.05, 4.69) is 11.2 Å². The van der Waals surface area contributed by atoms with Gasteiger partial charge >= 0.3 is 5.97 Å². The molecule has 0 radical (unpaired) electrons. The Morgan fingerprint density at radius 2 is 2.29 bits per heavy atom. The Hall–Kier alpha value is -2.41. The van der Waals surface area contributed by atoms with E-state index in [9.17, 15) is 4.79 Å². The summed E-state index contributed by atoms with van der Waals surface area (Å²) in [6, 6.07) is 7.17. The Kier molecular flexibility index (Phi) is 4.64. The van der Waals surface area contributed by atoms with Crippen LogP contribution in [0.5, 0.6) is 5.75 Å². The van der Waals surface area contributed by atoms with Crippen LogP contribution in [-0.4, -0.2) is 17.7 Å². The Balaban J connectivity index is 2.83. The molecule has 0 spiro atoms. The van der Waals surface area contributed by atoms with Crippen molar-refractivity contribution in [3.63, 3.8) is 0 Å². The first kappa shape index (κ1) is 12.7. The van der Waals surface area contributed by atoms with Crippen molar-refractivity contribution in [2.75, 3.05) is 11.9 Å². The molecule has 0 aliphatic heterocycles. The molecule has 17 heavy (non-hydrogen) atoms. The molecule has 1 aromatic rings. The summed E-state index contributed by atoms with van der Waals surface area (Å²) in [4.78, 5) is 10.5. The van der Waals surface area contributed by atoms with Gasteiger partial charge in [-0.2, -0.15) is 0 Å². The van der Waals surface area contributed by atoms with E-state index in [1.165, 1.54) is 0 Å². The molecule has 0 aromatic heterocycles. The molecule has 0 atom stereocenters. The fourth-order valence-electron chi connectivity index (χ4n) is 1.25. The molecule has 1 rings (SSSR count). The predicted molar refractivity (Wildman–Crippen MR) is 65.8 cm³/mol. The minimum atomic E-state index is -1.00. The van der Waals surface area contributed by atoms with Crippen molar-refractivity contribution in [2.45, 2.75) is 6.92 Å². The zero-order chi connectivity index (χ0) is 12.7. The number of benzene rings is 1. The monoisotopic (exact) mass is 231 g/mol. The molecule has 0 unspecified atom stereocenters. The van der Waals surface area contributed by atoms with Crippen LogP contribution in [0, 0.1) is 12.3 Å². The maximum absolute atomic E-state index is 10.5. The van der Waals surface area contributed by atoms with Gasteiger partial charge in [0, 0.05) is 11.8 Å². The summed E-state index contributed by atoms with van der Waals surface area (Å²) in [5.74, 6) is 1.95. The number of carboxylic acids is 1. The molecule has 0 bridgehead atoms. The SMILES string of the molecule is C#CCOc1ccccc1N/C(C)=C\C(=O)O. The van der Waals surface area contributed by atoms with Gasteiger partial charge in [0.2, 0.25) is 0 Å². The Labute approximate surface area is 99.9 Å². The largest absolute Gasteiger partial charge is 0.479 e. The topological polar surface area (TPSA) is 58.6 Å². The zero-order valence-corrected chi connectivity index (χ0v) is 9.43. The molecule has 0 aliphatic carbocycles. The average molecular weight is 231 g/mol. The molecule has 0 saturated carbocycles. The summed E-state index contributed by atoms with van der Waals surface area (Å²) < 4.78 is 5.32. The second-order valence-corrected chi connectivity index (χ2v) is 3.28. The van der Waals surface area contributed by atoms with E-state index in [1.54, 1.807) is 19.1 Å². The van der Waals surface area contributed by atoms with Crippen LogP contribution in [0.15, 0.2) is 36.0 Å². The first-order valence-corrected chi connectivity index (χ1v) is 4.97. The van der Waals surface area contributed by atoms with Gasteiger partial charge in [0.15, 0.2) is 0 Å². The molecule has 0 saturated heterocycles. The molecule has 0 fully saturated rings. The lowest BCUT2D eigenvalue weighted by Crippen LogP contribution is -2.02. The van der Waals surface area contributed by atoms with Gasteiger partial charge in [0.25, 0.3) is 0 Å². The number of ether oxygens (including phenoxy) is 1. The Morgan fingerprint density at radius 3 is 2.94 bits per heavy atom. The number of rotatable bonds is 5. The van der Waals surface area contributed by atoms with E-state index >= 15 is 0 Å². The number of carboxylic acid groups (broad SMARTS) is 1. The highest BCUT2D eigenvalue weighted by molar-refractivity contribution is 5.81. The summed E-state index contributed by atoms with van der Waals surface area (Å²) >= 11 is 0. The van der Waals surface area contributed by atoms with E-state index < -0.39 is 5.97 Å². The molecule has 1 aromatic carbocycles. The van der Waals surface area contributed by atoms with E-state index in [4.69, 9.17) is 16.3 Å². The number of hydrogen-bond donors (Lipinski definition) is 2. The van der Waals surface area contributed by atoms with Crippen molar-refractivity contribution in [1.29, 1.82) is 0 Å².